The summed E-state index contributed by atoms with van der Waals surface area (Å²) in [5.74, 6) is -0.311. The summed E-state index contributed by atoms with van der Waals surface area (Å²) in [6.45, 7) is 0.443. The van der Waals surface area contributed by atoms with Crippen molar-refractivity contribution >= 4 is 23.6 Å². The fourth-order valence-electron chi connectivity index (χ4n) is 1.95. The molecule has 6 heteroatoms. The summed E-state index contributed by atoms with van der Waals surface area (Å²) in [5.41, 5.74) is -0.925. The van der Waals surface area contributed by atoms with Crippen molar-refractivity contribution in [2.45, 2.75) is 11.8 Å². The smallest absolute Gasteiger partial charge is 0.314 e. The standard InChI is InChI=1S/C9H13NO4S/c1-14-4-9(8(12)13)3-10-6(11)2-7(10)15-5-9/h7H,2-5H2,1H3,(H,12,13)/t7-,9?/m1/s1. The molecule has 2 aliphatic rings. The van der Waals surface area contributed by atoms with Crippen molar-refractivity contribution in [2.75, 3.05) is 26.0 Å². The third-order valence-corrected chi connectivity index (χ3v) is 4.44. The third kappa shape index (κ3) is 1.61. The molecule has 84 valence electrons. The van der Waals surface area contributed by atoms with Gasteiger partial charge in [0.2, 0.25) is 5.91 Å². The zero-order valence-electron chi connectivity index (χ0n) is 8.43. The van der Waals surface area contributed by atoms with Gasteiger partial charge < -0.3 is 14.7 Å². The molecule has 0 radical (unpaired) electrons. The van der Waals surface area contributed by atoms with E-state index in [1.807, 2.05) is 0 Å². The number of thioether (sulfide) groups is 1. The lowest BCUT2D eigenvalue weighted by atomic mass is 9.89. The molecule has 1 amide bonds. The first kappa shape index (κ1) is 10.8. The summed E-state index contributed by atoms with van der Waals surface area (Å²) in [6.07, 6.45) is 0.549. The van der Waals surface area contributed by atoms with Gasteiger partial charge in [0.15, 0.2) is 0 Å². The van der Waals surface area contributed by atoms with Gasteiger partial charge in [0.25, 0.3) is 0 Å². The van der Waals surface area contributed by atoms with Crippen molar-refractivity contribution in [3.8, 4) is 0 Å². The van der Waals surface area contributed by atoms with Gasteiger partial charge in [-0.15, -0.1) is 11.8 Å². The number of methoxy groups -OCH3 is 1. The normalized spacial score (nSPS) is 34.6. The van der Waals surface area contributed by atoms with Crippen LogP contribution in [0.3, 0.4) is 0 Å². The minimum absolute atomic E-state index is 0.0499. The van der Waals surface area contributed by atoms with Gasteiger partial charge in [-0.1, -0.05) is 0 Å². The molecule has 2 atom stereocenters. The average molecular weight is 231 g/mol. The van der Waals surface area contributed by atoms with Crippen LogP contribution in [-0.2, 0) is 14.3 Å². The van der Waals surface area contributed by atoms with Gasteiger partial charge >= 0.3 is 5.97 Å². The predicted molar refractivity (Wildman–Crippen MR) is 54.5 cm³/mol. The topological polar surface area (TPSA) is 66.8 Å². The van der Waals surface area contributed by atoms with E-state index in [4.69, 9.17) is 4.74 Å². The lowest BCUT2D eigenvalue weighted by Crippen LogP contribution is -2.62. The van der Waals surface area contributed by atoms with E-state index in [0.717, 1.165) is 0 Å². The van der Waals surface area contributed by atoms with E-state index < -0.39 is 11.4 Å². The number of nitrogens with zero attached hydrogens (tertiary/aromatic N) is 1. The van der Waals surface area contributed by atoms with Crippen LogP contribution in [0.1, 0.15) is 6.42 Å². The van der Waals surface area contributed by atoms with Crippen molar-refractivity contribution in [1.29, 1.82) is 0 Å². The van der Waals surface area contributed by atoms with Crippen LogP contribution in [-0.4, -0.2) is 53.3 Å². The van der Waals surface area contributed by atoms with Crippen LogP contribution in [0.2, 0.25) is 0 Å². The quantitative estimate of drug-likeness (QED) is 0.693. The molecule has 2 saturated heterocycles. The summed E-state index contributed by atoms with van der Waals surface area (Å²) in [6, 6.07) is 0. The zero-order valence-corrected chi connectivity index (χ0v) is 9.25. The fourth-order valence-corrected chi connectivity index (χ4v) is 3.39. The van der Waals surface area contributed by atoms with Crippen molar-refractivity contribution in [3.63, 3.8) is 0 Å². The first-order chi connectivity index (χ1) is 7.09. The Hall–Kier alpha value is -0.750. The Balaban J connectivity index is 2.13. The second kappa shape index (κ2) is 3.68. The largest absolute Gasteiger partial charge is 0.481 e. The molecule has 2 fully saturated rings. The maximum absolute atomic E-state index is 11.3. The van der Waals surface area contributed by atoms with Crippen LogP contribution in [0.4, 0.5) is 0 Å². The molecule has 0 aromatic rings. The average Bonchev–Trinajstić information content (AvgIpc) is 2.19. The van der Waals surface area contributed by atoms with E-state index in [1.165, 1.54) is 18.9 Å². The van der Waals surface area contributed by atoms with E-state index in [0.29, 0.717) is 12.2 Å². The highest BCUT2D eigenvalue weighted by atomic mass is 32.2. The molecule has 1 unspecified atom stereocenters. The predicted octanol–water partition coefficient (Wildman–Crippen LogP) is 0.00900. The van der Waals surface area contributed by atoms with Crippen LogP contribution in [0, 0.1) is 5.41 Å². The molecule has 2 rings (SSSR count). The van der Waals surface area contributed by atoms with Gasteiger partial charge in [-0.05, 0) is 0 Å². The molecule has 0 aromatic heterocycles. The van der Waals surface area contributed by atoms with E-state index in [-0.39, 0.29) is 24.4 Å². The van der Waals surface area contributed by atoms with Gasteiger partial charge in [-0.25, -0.2) is 0 Å². The summed E-state index contributed by atoms with van der Waals surface area (Å²) in [7, 11) is 1.49. The number of hydrogen-bond acceptors (Lipinski definition) is 4. The number of fused-ring (bicyclic) bond motifs is 1. The van der Waals surface area contributed by atoms with Gasteiger partial charge in [-0.2, -0.15) is 0 Å². The number of hydrogen-bond donors (Lipinski definition) is 1. The number of carboxylic acids is 1. The Morgan fingerprint density at radius 3 is 3.07 bits per heavy atom. The molecule has 2 heterocycles. The number of carbonyl (C=O) groups excluding carboxylic acids is 1. The first-order valence-corrected chi connectivity index (χ1v) is 5.77. The summed E-state index contributed by atoms with van der Waals surface area (Å²) in [4.78, 5) is 24.1. The van der Waals surface area contributed by atoms with Crippen LogP contribution >= 0.6 is 11.8 Å². The summed E-state index contributed by atoms with van der Waals surface area (Å²) >= 11 is 1.54. The third-order valence-electron chi connectivity index (χ3n) is 2.92. The number of β-lactam (4-membered cyclic amide) rings is 1. The zero-order chi connectivity index (χ0) is 11.1. The van der Waals surface area contributed by atoms with Crippen molar-refractivity contribution < 1.29 is 19.4 Å². The lowest BCUT2D eigenvalue weighted by molar-refractivity contribution is -0.158. The molecule has 0 saturated carbocycles. The second-order valence-corrected chi connectivity index (χ2v) is 5.18. The van der Waals surface area contributed by atoms with Crippen molar-refractivity contribution in [2.24, 2.45) is 5.41 Å². The summed E-state index contributed by atoms with van der Waals surface area (Å²) < 4.78 is 4.96. The molecule has 5 nitrogen and oxygen atoms in total. The van der Waals surface area contributed by atoms with Crippen LogP contribution in [0.5, 0.6) is 0 Å². The van der Waals surface area contributed by atoms with E-state index in [2.05, 4.69) is 0 Å². The Morgan fingerprint density at radius 1 is 1.80 bits per heavy atom. The first-order valence-electron chi connectivity index (χ1n) is 4.72. The van der Waals surface area contributed by atoms with Crippen molar-refractivity contribution in [3.05, 3.63) is 0 Å². The van der Waals surface area contributed by atoms with E-state index >= 15 is 0 Å². The maximum Gasteiger partial charge on any atom is 0.314 e. The monoisotopic (exact) mass is 231 g/mol. The maximum atomic E-state index is 11.3. The van der Waals surface area contributed by atoms with Gasteiger partial charge in [-0.3, -0.25) is 9.59 Å². The van der Waals surface area contributed by atoms with Gasteiger partial charge in [0.1, 0.15) is 5.41 Å². The number of carbonyl (C=O) groups is 2. The highest BCUT2D eigenvalue weighted by Crippen LogP contribution is 2.41. The van der Waals surface area contributed by atoms with Crippen molar-refractivity contribution in [1.82, 2.24) is 4.90 Å². The Bertz CT molecular complexity index is 308. The molecule has 0 aliphatic carbocycles. The second-order valence-electron chi connectivity index (χ2n) is 4.01. The lowest BCUT2D eigenvalue weighted by Gasteiger charge is -2.49. The number of amides is 1. The van der Waals surface area contributed by atoms with E-state index in [1.54, 1.807) is 4.90 Å². The molecular weight excluding hydrogens is 218 g/mol. The SMILES string of the molecule is COCC1(C(=O)O)CS[C@@H]2CC(=O)N2C1. The molecule has 2 aliphatic heterocycles. The fraction of sp³-hybridized carbons (Fsp3) is 0.778. The number of ether oxygens (including phenoxy) is 1. The van der Waals surface area contributed by atoms with E-state index in [9.17, 15) is 14.7 Å². The van der Waals surface area contributed by atoms with Crippen LogP contribution in [0.25, 0.3) is 0 Å². The summed E-state index contributed by atoms with van der Waals surface area (Å²) in [5, 5.41) is 9.40. The Labute approximate surface area is 91.8 Å². The number of carboxylic acid groups (broad SMARTS) is 1. The minimum Gasteiger partial charge on any atom is -0.481 e. The minimum atomic E-state index is -0.925. The molecule has 0 bridgehead atoms. The molecular formula is C9H13NO4S. The Morgan fingerprint density at radius 2 is 2.53 bits per heavy atom. The molecule has 15 heavy (non-hydrogen) atoms. The number of rotatable bonds is 3. The highest BCUT2D eigenvalue weighted by Gasteiger charge is 2.51. The van der Waals surface area contributed by atoms with Gasteiger partial charge in [0.05, 0.1) is 18.4 Å². The molecule has 0 aromatic carbocycles. The molecule has 0 spiro atoms. The highest BCUT2D eigenvalue weighted by molar-refractivity contribution is 8.00. The van der Waals surface area contributed by atoms with Crippen LogP contribution in [0.15, 0.2) is 0 Å². The van der Waals surface area contributed by atoms with Gasteiger partial charge in [0, 0.05) is 19.4 Å². The number of aliphatic carboxylic acids is 1. The Kier molecular flexibility index (Phi) is 2.64. The van der Waals surface area contributed by atoms with Crippen LogP contribution < -0.4 is 0 Å². The molecule has 1 N–H and O–H groups in total.